The second kappa shape index (κ2) is 5.18. The molecule has 6 heteroatoms. The number of ether oxygens (including phenoxy) is 1. The van der Waals surface area contributed by atoms with E-state index in [9.17, 15) is 4.79 Å². The number of esters is 1. The summed E-state index contributed by atoms with van der Waals surface area (Å²) in [7, 11) is 0. The Balaban J connectivity index is 2.05. The van der Waals surface area contributed by atoms with E-state index in [0.717, 1.165) is 4.21 Å². The van der Waals surface area contributed by atoms with Gasteiger partial charge in [0.1, 0.15) is 6.26 Å². The lowest BCUT2D eigenvalue weighted by Crippen LogP contribution is -2.04. The predicted molar refractivity (Wildman–Crippen MR) is 60.9 cm³/mol. The largest absolute Gasteiger partial charge is 0.461 e. The molecular weight excluding hydrogens is 246 g/mol. The molecule has 0 saturated carbocycles. The Morgan fingerprint density at radius 1 is 1.69 bits per heavy atom. The first kappa shape index (κ1) is 11.2. The van der Waals surface area contributed by atoms with E-state index in [1.165, 1.54) is 18.0 Å². The molecule has 0 aromatic carbocycles. The molecule has 0 aliphatic heterocycles. The number of carbonyl (C=O) groups excluding carboxylic acids is 1. The Morgan fingerprint density at radius 3 is 3.25 bits per heavy atom. The molecule has 0 bridgehead atoms. The SMILES string of the molecule is CCOC(=O)c1coc(Sc2cccs2)n1. The number of oxazole rings is 1. The highest BCUT2D eigenvalue weighted by atomic mass is 32.2. The summed E-state index contributed by atoms with van der Waals surface area (Å²) in [4.78, 5) is 15.3. The van der Waals surface area contributed by atoms with Crippen molar-refractivity contribution in [2.45, 2.75) is 16.4 Å². The number of nitrogens with zero attached hydrogens (tertiary/aromatic N) is 1. The lowest BCUT2D eigenvalue weighted by atomic mass is 10.5. The van der Waals surface area contributed by atoms with Gasteiger partial charge in [-0.25, -0.2) is 4.79 Å². The van der Waals surface area contributed by atoms with Gasteiger partial charge in [-0.2, -0.15) is 4.98 Å². The molecule has 0 amide bonds. The second-order valence-corrected chi connectivity index (χ2v) is 4.95. The molecule has 0 N–H and O–H groups in total. The van der Waals surface area contributed by atoms with Crippen LogP contribution < -0.4 is 0 Å². The van der Waals surface area contributed by atoms with Gasteiger partial charge in [-0.1, -0.05) is 6.07 Å². The van der Waals surface area contributed by atoms with Crippen LogP contribution in [-0.4, -0.2) is 17.6 Å². The maximum Gasteiger partial charge on any atom is 0.360 e. The monoisotopic (exact) mass is 255 g/mol. The average molecular weight is 255 g/mol. The molecule has 0 fully saturated rings. The van der Waals surface area contributed by atoms with Crippen molar-refractivity contribution >= 4 is 29.1 Å². The van der Waals surface area contributed by atoms with Gasteiger partial charge >= 0.3 is 5.97 Å². The van der Waals surface area contributed by atoms with Crippen LogP contribution >= 0.6 is 23.1 Å². The van der Waals surface area contributed by atoms with Gasteiger partial charge in [-0.15, -0.1) is 11.3 Å². The van der Waals surface area contributed by atoms with Crippen molar-refractivity contribution in [3.63, 3.8) is 0 Å². The number of hydrogen-bond acceptors (Lipinski definition) is 6. The first-order chi connectivity index (χ1) is 7.79. The van der Waals surface area contributed by atoms with Crippen LogP contribution in [0.3, 0.4) is 0 Å². The lowest BCUT2D eigenvalue weighted by molar-refractivity contribution is 0.0519. The summed E-state index contributed by atoms with van der Waals surface area (Å²) in [6.45, 7) is 2.08. The minimum Gasteiger partial charge on any atom is -0.461 e. The minimum atomic E-state index is -0.454. The third-order valence-electron chi connectivity index (χ3n) is 1.65. The molecule has 0 radical (unpaired) electrons. The minimum absolute atomic E-state index is 0.209. The van der Waals surface area contributed by atoms with Crippen LogP contribution in [0.5, 0.6) is 0 Å². The molecule has 0 atom stereocenters. The maximum atomic E-state index is 11.3. The zero-order valence-corrected chi connectivity index (χ0v) is 10.1. The van der Waals surface area contributed by atoms with Gasteiger partial charge in [0, 0.05) is 0 Å². The molecule has 0 spiro atoms. The van der Waals surface area contributed by atoms with Gasteiger partial charge in [0.2, 0.25) is 0 Å². The van der Waals surface area contributed by atoms with E-state index in [2.05, 4.69) is 4.98 Å². The fourth-order valence-electron chi connectivity index (χ4n) is 1.01. The Labute approximate surface area is 101 Å². The molecule has 2 heterocycles. The number of carbonyl (C=O) groups is 1. The fraction of sp³-hybridized carbons (Fsp3) is 0.200. The van der Waals surface area contributed by atoms with Crippen molar-refractivity contribution in [2.24, 2.45) is 0 Å². The van der Waals surface area contributed by atoms with Gasteiger partial charge in [-0.05, 0) is 30.1 Å². The van der Waals surface area contributed by atoms with Crippen LogP contribution in [0.2, 0.25) is 0 Å². The summed E-state index contributed by atoms with van der Waals surface area (Å²) < 4.78 is 11.0. The van der Waals surface area contributed by atoms with E-state index >= 15 is 0 Å². The Morgan fingerprint density at radius 2 is 2.56 bits per heavy atom. The maximum absolute atomic E-state index is 11.3. The van der Waals surface area contributed by atoms with Crippen molar-refractivity contribution in [3.8, 4) is 0 Å². The summed E-state index contributed by atoms with van der Waals surface area (Å²) in [5.41, 5.74) is 0.209. The van der Waals surface area contributed by atoms with E-state index in [0.29, 0.717) is 11.8 Å². The molecule has 16 heavy (non-hydrogen) atoms. The topological polar surface area (TPSA) is 52.3 Å². The van der Waals surface area contributed by atoms with Crippen LogP contribution in [-0.2, 0) is 4.74 Å². The molecule has 0 aliphatic carbocycles. The van der Waals surface area contributed by atoms with Gasteiger partial charge < -0.3 is 9.15 Å². The molecule has 84 valence electrons. The number of thiophene rings is 1. The number of hydrogen-bond donors (Lipinski definition) is 0. The van der Waals surface area contributed by atoms with E-state index in [1.54, 1.807) is 18.3 Å². The van der Waals surface area contributed by atoms with E-state index in [-0.39, 0.29) is 5.69 Å². The van der Waals surface area contributed by atoms with Crippen molar-refractivity contribution in [2.75, 3.05) is 6.61 Å². The van der Waals surface area contributed by atoms with E-state index < -0.39 is 5.97 Å². The van der Waals surface area contributed by atoms with Gasteiger partial charge in [0.15, 0.2) is 5.69 Å². The fourth-order valence-corrected chi connectivity index (χ4v) is 2.59. The molecule has 2 aromatic heterocycles. The van der Waals surface area contributed by atoms with Gasteiger partial charge in [-0.3, -0.25) is 0 Å². The first-order valence-corrected chi connectivity index (χ1v) is 6.33. The van der Waals surface area contributed by atoms with Crippen molar-refractivity contribution in [3.05, 3.63) is 29.5 Å². The molecule has 2 rings (SSSR count). The average Bonchev–Trinajstić information content (AvgIpc) is 2.90. The third kappa shape index (κ3) is 2.65. The highest BCUT2D eigenvalue weighted by Gasteiger charge is 2.13. The lowest BCUT2D eigenvalue weighted by Gasteiger charge is -1.94. The van der Waals surface area contributed by atoms with E-state index in [4.69, 9.17) is 9.15 Å². The van der Waals surface area contributed by atoms with Crippen molar-refractivity contribution < 1.29 is 13.9 Å². The van der Waals surface area contributed by atoms with E-state index in [1.807, 2.05) is 17.5 Å². The molecule has 4 nitrogen and oxygen atoms in total. The number of rotatable bonds is 4. The standard InChI is InChI=1S/C10H9NO3S2/c1-2-13-9(12)7-6-14-10(11-7)16-8-4-3-5-15-8/h3-6H,2H2,1H3. The Bertz CT molecular complexity index is 464. The van der Waals surface area contributed by atoms with Crippen LogP contribution in [0.4, 0.5) is 0 Å². The number of aromatic nitrogens is 1. The zero-order chi connectivity index (χ0) is 11.4. The van der Waals surface area contributed by atoms with Crippen LogP contribution in [0.1, 0.15) is 17.4 Å². The Kier molecular flexibility index (Phi) is 3.63. The summed E-state index contributed by atoms with van der Waals surface area (Å²) in [5.74, 6) is -0.454. The molecule has 0 unspecified atom stereocenters. The molecule has 2 aromatic rings. The summed E-state index contributed by atoms with van der Waals surface area (Å²) in [6.07, 6.45) is 1.31. The molecular formula is C10H9NO3S2. The van der Waals surface area contributed by atoms with Gasteiger partial charge in [0.05, 0.1) is 10.8 Å². The smallest absolute Gasteiger partial charge is 0.360 e. The first-order valence-electron chi connectivity index (χ1n) is 4.63. The zero-order valence-electron chi connectivity index (χ0n) is 8.50. The highest BCUT2D eigenvalue weighted by molar-refractivity contribution is 8.00. The predicted octanol–water partition coefficient (Wildman–Crippen LogP) is 3.06. The van der Waals surface area contributed by atoms with Crippen LogP contribution in [0.15, 0.2) is 37.6 Å². The van der Waals surface area contributed by atoms with Crippen LogP contribution in [0.25, 0.3) is 0 Å². The summed E-state index contributed by atoms with van der Waals surface area (Å²) in [5, 5.41) is 2.42. The summed E-state index contributed by atoms with van der Waals surface area (Å²) >= 11 is 2.98. The third-order valence-corrected chi connectivity index (χ3v) is 3.55. The quantitative estimate of drug-likeness (QED) is 0.786. The van der Waals surface area contributed by atoms with Crippen molar-refractivity contribution in [1.29, 1.82) is 0 Å². The molecule has 0 saturated heterocycles. The van der Waals surface area contributed by atoms with Crippen molar-refractivity contribution in [1.82, 2.24) is 4.98 Å². The Hall–Kier alpha value is -1.27. The molecule has 0 aliphatic rings. The normalized spacial score (nSPS) is 10.3. The second-order valence-electron chi connectivity index (χ2n) is 2.75. The summed E-state index contributed by atoms with van der Waals surface area (Å²) in [6, 6.07) is 3.91. The van der Waals surface area contributed by atoms with Crippen LogP contribution in [0, 0.1) is 0 Å². The highest BCUT2D eigenvalue weighted by Crippen LogP contribution is 2.30. The van der Waals surface area contributed by atoms with Gasteiger partial charge in [0.25, 0.3) is 5.22 Å².